The molecule has 0 bridgehead atoms. The van der Waals surface area contributed by atoms with Crippen LogP contribution in [0.2, 0.25) is 0 Å². The maximum absolute atomic E-state index is 9.75. The fraction of sp³-hybridized carbons (Fsp3) is 0.471. The molecule has 3 unspecified atom stereocenters. The Labute approximate surface area is 253 Å². The Hall–Kier alpha value is -3.82. The van der Waals surface area contributed by atoms with Gasteiger partial charge in [-0.1, -0.05) is 20.8 Å². The van der Waals surface area contributed by atoms with E-state index in [1.807, 2.05) is 52.8 Å². The number of aldehydes is 2. The highest BCUT2D eigenvalue weighted by molar-refractivity contribution is 5.44. The lowest BCUT2D eigenvalue weighted by atomic mass is 9.98. The van der Waals surface area contributed by atoms with Gasteiger partial charge in [0.2, 0.25) is 0 Å². The summed E-state index contributed by atoms with van der Waals surface area (Å²) in [6, 6.07) is 5.64. The first-order valence-corrected chi connectivity index (χ1v) is 13.6. The maximum atomic E-state index is 9.75. The highest BCUT2D eigenvalue weighted by Crippen LogP contribution is 2.31. The Morgan fingerprint density at radius 3 is 1.52 bits per heavy atom. The first kappa shape index (κ1) is 45.2. The Bertz CT molecular complexity index is 1060. The van der Waals surface area contributed by atoms with Crippen LogP contribution in [0.4, 0.5) is 0 Å². The van der Waals surface area contributed by atoms with Gasteiger partial charge in [0.15, 0.2) is 0 Å². The third-order valence-corrected chi connectivity index (χ3v) is 4.70. The molecule has 3 N–H and O–H groups in total. The molecule has 0 fully saturated rings. The van der Waals surface area contributed by atoms with Gasteiger partial charge in [0, 0.05) is 16.7 Å². The van der Waals surface area contributed by atoms with Gasteiger partial charge in [0.25, 0.3) is 0 Å². The average molecular weight is 589 g/mol. The van der Waals surface area contributed by atoms with E-state index in [1.165, 1.54) is 20.1 Å². The number of hydrogen-bond acceptors (Lipinski definition) is 8. The molecule has 0 aromatic carbocycles. The number of aryl methyl sites for hydroxylation is 3. The molecular weight excluding hydrogens is 536 g/mol. The zero-order valence-corrected chi connectivity index (χ0v) is 27.0. The molecule has 0 aliphatic rings. The van der Waals surface area contributed by atoms with Crippen molar-refractivity contribution in [3.05, 3.63) is 71.0 Å². The summed E-state index contributed by atoms with van der Waals surface area (Å²) in [5.74, 6) is 7.01. The summed E-state index contributed by atoms with van der Waals surface area (Å²) in [5, 5.41) is 28.7. The number of aliphatic hydroxyl groups is 3. The van der Waals surface area contributed by atoms with Gasteiger partial charge in [-0.2, -0.15) is 0 Å². The minimum atomic E-state index is -0.538. The molecule has 3 rings (SSSR count). The summed E-state index contributed by atoms with van der Waals surface area (Å²) in [4.78, 5) is 17.6. The SMILES string of the molecule is C#CC.C#CC.CC=O.CC=O.CCC(O)c1coc(C)c1.CCC(O)c1coc(C)c1C(O)CC.Cc1ccco1. The largest absolute Gasteiger partial charge is 0.470 e. The van der Waals surface area contributed by atoms with Crippen molar-refractivity contribution in [2.45, 2.75) is 107 Å². The minimum Gasteiger partial charge on any atom is -0.470 e. The van der Waals surface area contributed by atoms with Crippen LogP contribution in [0.15, 0.2) is 50.2 Å². The lowest BCUT2D eigenvalue weighted by Gasteiger charge is -2.12. The molecule has 3 atom stereocenters. The van der Waals surface area contributed by atoms with Crippen molar-refractivity contribution in [2.24, 2.45) is 0 Å². The highest BCUT2D eigenvalue weighted by atomic mass is 16.3. The Morgan fingerprint density at radius 1 is 0.786 bits per heavy atom. The monoisotopic (exact) mass is 588 g/mol. The van der Waals surface area contributed by atoms with Gasteiger partial charge >= 0.3 is 0 Å². The van der Waals surface area contributed by atoms with E-state index in [0.717, 1.165) is 47.2 Å². The van der Waals surface area contributed by atoms with E-state index in [4.69, 9.17) is 22.8 Å². The van der Waals surface area contributed by atoms with Gasteiger partial charge in [0.1, 0.15) is 29.9 Å². The molecule has 0 radical (unpaired) electrons. The number of rotatable bonds is 6. The Balaban J connectivity index is -0.000000225. The summed E-state index contributed by atoms with van der Waals surface area (Å²) in [6.45, 7) is 17.5. The Morgan fingerprint density at radius 2 is 1.24 bits per heavy atom. The van der Waals surface area contributed by atoms with Crippen molar-refractivity contribution in [1.29, 1.82) is 0 Å². The quantitative estimate of drug-likeness (QED) is 0.196. The predicted molar refractivity (Wildman–Crippen MR) is 169 cm³/mol. The summed E-state index contributed by atoms with van der Waals surface area (Å²) in [5.41, 5.74) is 2.35. The fourth-order valence-electron chi connectivity index (χ4n) is 2.83. The van der Waals surface area contributed by atoms with Gasteiger partial charge in [-0.05, 0) is 85.9 Å². The molecule has 8 heteroatoms. The minimum absolute atomic E-state index is 0.363. The summed E-state index contributed by atoms with van der Waals surface area (Å²) in [6.07, 6.45) is 16.0. The van der Waals surface area contributed by atoms with Crippen LogP contribution in [-0.4, -0.2) is 27.9 Å². The van der Waals surface area contributed by atoms with Gasteiger partial charge < -0.3 is 38.2 Å². The van der Waals surface area contributed by atoms with Crippen LogP contribution < -0.4 is 0 Å². The van der Waals surface area contributed by atoms with Gasteiger partial charge in [-0.25, -0.2) is 0 Å². The van der Waals surface area contributed by atoms with E-state index >= 15 is 0 Å². The van der Waals surface area contributed by atoms with Crippen LogP contribution in [0.25, 0.3) is 0 Å². The second kappa shape index (κ2) is 31.7. The molecule has 0 amide bonds. The molecule has 0 aliphatic carbocycles. The molecule has 3 aromatic rings. The highest BCUT2D eigenvalue weighted by Gasteiger charge is 2.21. The Kier molecular flexibility index (Phi) is 34.1. The van der Waals surface area contributed by atoms with Crippen molar-refractivity contribution < 1.29 is 38.2 Å². The first-order chi connectivity index (χ1) is 19.9. The van der Waals surface area contributed by atoms with Crippen molar-refractivity contribution in [2.75, 3.05) is 0 Å². The standard InChI is InChI=1S/C11H18O3.C8H12O2.C5H6O.2C3H4.2C2H4O/c1-4-9(12)8-6-14-7(3)11(8)10(13)5-2;1-3-8(9)7-4-6(2)10-5-7;1-5-3-2-4-6-5;2*1-3-2;2*1-2-3/h6,9-10,12-13H,4-5H2,1-3H3;4-5,8-9H,3H2,1-2H3;2-4H,1H3;2*1H,2H3;2*2H,1H3. The molecule has 0 saturated heterocycles. The second-order valence-electron chi connectivity index (χ2n) is 8.20. The van der Waals surface area contributed by atoms with E-state index in [1.54, 1.807) is 33.3 Å². The zero-order valence-electron chi connectivity index (χ0n) is 27.0. The molecule has 42 heavy (non-hydrogen) atoms. The number of aliphatic hydroxyl groups excluding tert-OH is 3. The molecule has 0 saturated carbocycles. The average Bonchev–Trinajstić information content (AvgIpc) is 3.71. The maximum Gasteiger partial charge on any atom is 0.116 e. The lowest BCUT2D eigenvalue weighted by Crippen LogP contribution is -2.03. The van der Waals surface area contributed by atoms with E-state index in [2.05, 4.69) is 24.7 Å². The summed E-state index contributed by atoms with van der Waals surface area (Å²) in [7, 11) is 0. The molecule has 0 aliphatic heterocycles. The third kappa shape index (κ3) is 24.0. The number of hydrogen-bond donors (Lipinski definition) is 3. The molecule has 8 nitrogen and oxygen atoms in total. The zero-order chi connectivity index (χ0) is 33.5. The van der Waals surface area contributed by atoms with Crippen molar-refractivity contribution in [1.82, 2.24) is 0 Å². The molecular formula is C34H52O8. The summed E-state index contributed by atoms with van der Waals surface area (Å²) >= 11 is 0. The van der Waals surface area contributed by atoms with Crippen molar-refractivity contribution in [3.63, 3.8) is 0 Å². The van der Waals surface area contributed by atoms with Gasteiger partial charge in [-0.15, -0.1) is 24.7 Å². The van der Waals surface area contributed by atoms with E-state index in [9.17, 15) is 15.3 Å². The summed E-state index contributed by atoms with van der Waals surface area (Å²) < 4.78 is 15.1. The van der Waals surface area contributed by atoms with Crippen molar-refractivity contribution in [3.8, 4) is 24.7 Å². The third-order valence-electron chi connectivity index (χ3n) is 4.70. The van der Waals surface area contributed by atoms with E-state index in [-0.39, 0.29) is 6.10 Å². The van der Waals surface area contributed by atoms with Crippen LogP contribution in [0.1, 0.15) is 120 Å². The normalized spacial score (nSPS) is 10.6. The molecule has 236 valence electrons. The molecule has 3 heterocycles. The smallest absolute Gasteiger partial charge is 0.116 e. The number of furan rings is 3. The van der Waals surface area contributed by atoms with E-state index in [0.29, 0.717) is 18.6 Å². The van der Waals surface area contributed by atoms with Crippen LogP contribution in [0.3, 0.4) is 0 Å². The van der Waals surface area contributed by atoms with Gasteiger partial charge in [0.05, 0.1) is 37.1 Å². The van der Waals surface area contributed by atoms with Crippen LogP contribution in [0.5, 0.6) is 0 Å². The topological polar surface area (TPSA) is 134 Å². The molecule has 3 aromatic heterocycles. The van der Waals surface area contributed by atoms with Crippen molar-refractivity contribution >= 4 is 12.6 Å². The lowest BCUT2D eigenvalue weighted by molar-refractivity contribution is -0.106. The van der Waals surface area contributed by atoms with Crippen LogP contribution in [-0.2, 0) is 9.59 Å². The first-order valence-electron chi connectivity index (χ1n) is 13.6. The van der Waals surface area contributed by atoms with E-state index < -0.39 is 12.2 Å². The fourth-order valence-corrected chi connectivity index (χ4v) is 2.83. The molecule has 0 spiro atoms. The predicted octanol–water partition coefficient (Wildman–Crippen LogP) is 7.78. The van der Waals surface area contributed by atoms with Crippen LogP contribution in [0, 0.1) is 45.5 Å². The van der Waals surface area contributed by atoms with Gasteiger partial charge in [-0.3, -0.25) is 0 Å². The second-order valence-corrected chi connectivity index (χ2v) is 8.20. The number of terminal acetylenes is 2. The van der Waals surface area contributed by atoms with Crippen LogP contribution >= 0.6 is 0 Å². The number of carbonyl (C=O) groups is 2. The number of carbonyl (C=O) groups excluding carboxylic acids is 2.